The summed E-state index contributed by atoms with van der Waals surface area (Å²) in [5, 5.41) is 38.3. The smallest absolute Gasteiger partial charge is 0.326 e. The second kappa shape index (κ2) is 19.7. The Morgan fingerprint density at radius 3 is 2.39 bits per heavy atom. The van der Waals surface area contributed by atoms with Gasteiger partial charge < -0.3 is 35.1 Å². The van der Waals surface area contributed by atoms with Gasteiger partial charge in [0.05, 0.1) is 17.2 Å². The molecule has 6 rings (SSSR count). The number of aliphatic hydroxyl groups excluding tert-OH is 1. The van der Waals surface area contributed by atoms with Crippen molar-refractivity contribution in [2.24, 2.45) is 0 Å². The van der Waals surface area contributed by atoms with Gasteiger partial charge in [-0.3, -0.25) is 19.9 Å². The zero-order valence-electron chi connectivity index (χ0n) is 33.3. The van der Waals surface area contributed by atoms with Crippen LogP contribution in [0.15, 0.2) is 91.3 Å². The predicted octanol–water partition coefficient (Wildman–Crippen LogP) is 6.89. The quantitative estimate of drug-likeness (QED) is 0.0549. The van der Waals surface area contributed by atoms with E-state index in [1.807, 2.05) is 24.3 Å². The van der Waals surface area contributed by atoms with Crippen molar-refractivity contribution in [1.29, 1.82) is 5.26 Å². The summed E-state index contributed by atoms with van der Waals surface area (Å²) in [5.74, 6) is 0.445. The Hall–Kier alpha value is -5.97. The number of rotatable bonds is 19. The van der Waals surface area contributed by atoms with Gasteiger partial charge in [0.15, 0.2) is 0 Å². The van der Waals surface area contributed by atoms with E-state index in [0.717, 1.165) is 57.7 Å². The second-order valence-electron chi connectivity index (χ2n) is 14.8. The van der Waals surface area contributed by atoms with Crippen LogP contribution >= 0.6 is 11.6 Å². The van der Waals surface area contributed by atoms with Crippen LogP contribution < -0.4 is 30.2 Å². The molecule has 5 aromatic rings. The first-order valence-electron chi connectivity index (χ1n) is 19.4. The standard InChI is InChI=1S/C46H48ClN5O7/c1-29-34(27-59-43-20-42(58-26-32-18-31(21-48)22-50-23-32)35(19-41(43)47)24-51-46(3,28-53)45(55)56)6-4-8-39(29)40-9-5-7-38(30(40)2)33-10-13-37(14-11-33)57-17-16-49-25-36-12-15-44(54)52-36/h4-11,13-14,18-20,22-23,36,49,51,53H,12,15-17,24-28H2,1-3H3,(H,52,54)(H,55,56)/t36-,46?/m0/s1. The zero-order chi connectivity index (χ0) is 41.9. The maximum Gasteiger partial charge on any atom is 0.326 e. The van der Waals surface area contributed by atoms with Crippen LogP contribution in [0.25, 0.3) is 22.3 Å². The van der Waals surface area contributed by atoms with Crippen LogP contribution in [0.5, 0.6) is 17.2 Å². The molecule has 12 nitrogen and oxygen atoms in total. The van der Waals surface area contributed by atoms with E-state index in [2.05, 4.69) is 77.2 Å². The highest BCUT2D eigenvalue weighted by Crippen LogP contribution is 2.37. The first-order chi connectivity index (χ1) is 28.5. The summed E-state index contributed by atoms with van der Waals surface area (Å²) in [6, 6.07) is 27.8. The fourth-order valence-electron chi connectivity index (χ4n) is 6.84. The van der Waals surface area contributed by atoms with E-state index in [0.29, 0.717) is 52.8 Å². The molecule has 1 aliphatic heterocycles. The molecule has 13 heteroatoms. The van der Waals surface area contributed by atoms with Crippen molar-refractivity contribution in [3.05, 3.63) is 130 Å². The molecule has 2 atom stereocenters. The molecule has 5 N–H and O–H groups in total. The number of amides is 1. The number of nitriles is 1. The Labute approximate surface area is 349 Å². The highest BCUT2D eigenvalue weighted by Gasteiger charge is 2.32. The average Bonchev–Trinajstić information content (AvgIpc) is 3.67. The molecule has 306 valence electrons. The maximum atomic E-state index is 11.9. The van der Waals surface area contributed by atoms with E-state index in [4.69, 9.17) is 25.8 Å². The van der Waals surface area contributed by atoms with E-state index >= 15 is 0 Å². The average molecular weight is 818 g/mol. The van der Waals surface area contributed by atoms with Gasteiger partial charge in [-0.15, -0.1) is 0 Å². The van der Waals surface area contributed by atoms with Crippen LogP contribution in [0, 0.1) is 25.2 Å². The lowest BCUT2D eigenvalue weighted by Gasteiger charge is -2.25. The monoisotopic (exact) mass is 817 g/mol. The van der Waals surface area contributed by atoms with Gasteiger partial charge in [-0.1, -0.05) is 60.1 Å². The topological polar surface area (TPSA) is 175 Å². The summed E-state index contributed by atoms with van der Waals surface area (Å²) < 4.78 is 18.5. The third kappa shape index (κ3) is 10.8. The van der Waals surface area contributed by atoms with Crippen molar-refractivity contribution < 1.29 is 34.0 Å². The van der Waals surface area contributed by atoms with Gasteiger partial charge in [0, 0.05) is 61.7 Å². The van der Waals surface area contributed by atoms with Gasteiger partial charge in [0.2, 0.25) is 5.91 Å². The summed E-state index contributed by atoms with van der Waals surface area (Å²) in [7, 11) is 0. The molecule has 2 heterocycles. The summed E-state index contributed by atoms with van der Waals surface area (Å²) in [5.41, 5.74) is 7.51. The molecule has 4 aromatic carbocycles. The SMILES string of the molecule is Cc1c(COc2cc(OCc3cncc(C#N)c3)c(CNC(C)(CO)C(=O)O)cc2Cl)cccc1-c1cccc(-c2ccc(OCCNC[C@@H]3CCC(=O)N3)cc2)c1C. The number of nitrogens with zero attached hydrogens (tertiary/aromatic N) is 2. The Morgan fingerprint density at radius 2 is 1.68 bits per heavy atom. The van der Waals surface area contributed by atoms with Crippen LogP contribution in [0.2, 0.25) is 5.02 Å². The molecule has 1 aromatic heterocycles. The lowest BCUT2D eigenvalue weighted by atomic mass is 9.89. The fourth-order valence-corrected chi connectivity index (χ4v) is 7.08. The molecule has 1 aliphatic rings. The van der Waals surface area contributed by atoms with Crippen LogP contribution in [0.1, 0.15) is 53.1 Å². The molecule has 1 amide bonds. The number of aliphatic carboxylic acids is 1. The molecule has 1 fully saturated rings. The van der Waals surface area contributed by atoms with Gasteiger partial charge in [0.1, 0.15) is 48.7 Å². The van der Waals surface area contributed by atoms with Crippen LogP contribution in [0.3, 0.4) is 0 Å². The van der Waals surface area contributed by atoms with Crippen LogP contribution in [-0.2, 0) is 29.3 Å². The minimum Gasteiger partial charge on any atom is -0.492 e. The van der Waals surface area contributed by atoms with E-state index in [-0.39, 0.29) is 31.7 Å². The molecule has 1 saturated heterocycles. The molecule has 0 saturated carbocycles. The third-order valence-corrected chi connectivity index (χ3v) is 10.8. The van der Waals surface area contributed by atoms with Crippen molar-refractivity contribution in [3.63, 3.8) is 0 Å². The summed E-state index contributed by atoms with van der Waals surface area (Å²) in [4.78, 5) is 27.4. The van der Waals surface area contributed by atoms with E-state index in [9.17, 15) is 25.1 Å². The number of carboxylic acids is 1. The zero-order valence-corrected chi connectivity index (χ0v) is 34.1. The molecule has 0 spiro atoms. The predicted molar refractivity (Wildman–Crippen MR) is 225 cm³/mol. The highest BCUT2D eigenvalue weighted by atomic mass is 35.5. The number of aliphatic hydroxyl groups is 1. The summed E-state index contributed by atoms with van der Waals surface area (Å²) in [6.45, 7) is 7.20. The molecule has 0 aliphatic carbocycles. The molecule has 1 unspecified atom stereocenters. The second-order valence-corrected chi connectivity index (χ2v) is 15.2. The number of halogens is 1. The Balaban J connectivity index is 1.15. The lowest BCUT2D eigenvalue weighted by molar-refractivity contribution is -0.146. The lowest BCUT2D eigenvalue weighted by Crippen LogP contribution is -2.52. The number of carbonyl (C=O) groups is 2. The Bertz CT molecular complexity index is 2330. The highest BCUT2D eigenvalue weighted by molar-refractivity contribution is 6.32. The van der Waals surface area contributed by atoms with Crippen molar-refractivity contribution >= 4 is 23.5 Å². The van der Waals surface area contributed by atoms with Gasteiger partial charge >= 0.3 is 5.97 Å². The number of carbonyl (C=O) groups excluding carboxylic acids is 1. The van der Waals surface area contributed by atoms with Crippen LogP contribution in [0.4, 0.5) is 0 Å². The maximum absolute atomic E-state index is 11.9. The van der Waals surface area contributed by atoms with E-state index in [1.165, 1.54) is 13.1 Å². The van der Waals surface area contributed by atoms with E-state index in [1.54, 1.807) is 24.4 Å². The number of nitrogens with one attached hydrogen (secondary N) is 3. The molecule has 0 bridgehead atoms. The Morgan fingerprint density at radius 1 is 0.949 bits per heavy atom. The number of hydrogen-bond acceptors (Lipinski definition) is 10. The number of hydrogen-bond donors (Lipinski definition) is 5. The largest absolute Gasteiger partial charge is 0.492 e. The first kappa shape index (κ1) is 42.6. The molecule has 59 heavy (non-hydrogen) atoms. The summed E-state index contributed by atoms with van der Waals surface area (Å²) >= 11 is 6.77. The number of ether oxygens (including phenoxy) is 3. The molecule has 0 radical (unpaired) electrons. The van der Waals surface area contributed by atoms with Crippen molar-refractivity contribution in [2.45, 2.75) is 65.0 Å². The van der Waals surface area contributed by atoms with Gasteiger partial charge in [-0.05, 0) is 90.4 Å². The van der Waals surface area contributed by atoms with E-state index < -0.39 is 18.1 Å². The molecular formula is C46H48ClN5O7. The van der Waals surface area contributed by atoms with Gasteiger partial charge in [0.25, 0.3) is 0 Å². The van der Waals surface area contributed by atoms with Crippen LogP contribution in [-0.4, -0.2) is 65.0 Å². The first-order valence-corrected chi connectivity index (χ1v) is 19.8. The van der Waals surface area contributed by atoms with Crippen molar-refractivity contribution in [3.8, 4) is 45.6 Å². The van der Waals surface area contributed by atoms with Crippen molar-refractivity contribution in [1.82, 2.24) is 20.9 Å². The normalized spacial score (nSPS) is 14.6. The number of aromatic nitrogens is 1. The third-order valence-electron chi connectivity index (χ3n) is 10.5. The molecular weight excluding hydrogens is 770 g/mol. The fraction of sp³-hybridized carbons (Fsp3) is 0.304. The minimum absolute atomic E-state index is 0.0223. The number of pyridine rings is 1. The minimum atomic E-state index is -1.60. The Kier molecular flexibility index (Phi) is 14.2. The number of benzene rings is 4. The van der Waals surface area contributed by atoms with Crippen molar-refractivity contribution in [2.75, 3.05) is 26.3 Å². The van der Waals surface area contributed by atoms with Gasteiger partial charge in [-0.2, -0.15) is 5.26 Å². The van der Waals surface area contributed by atoms with Gasteiger partial charge in [-0.25, -0.2) is 0 Å². The number of carboxylic acid groups (broad SMARTS) is 1. The summed E-state index contributed by atoms with van der Waals surface area (Å²) in [6.07, 6.45) is 4.52.